The van der Waals surface area contributed by atoms with Gasteiger partial charge in [-0.1, -0.05) is 53.3 Å². The van der Waals surface area contributed by atoms with Crippen LogP contribution in [0.5, 0.6) is 0 Å². The van der Waals surface area contributed by atoms with Crippen LogP contribution < -0.4 is 5.32 Å². The van der Waals surface area contributed by atoms with E-state index in [4.69, 9.17) is 11.6 Å². The molecule has 128 valence electrons. The molecule has 1 aromatic carbocycles. The Labute approximate surface area is 159 Å². The van der Waals surface area contributed by atoms with E-state index in [0.29, 0.717) is 16.6 Å². The number of nitrogens with one attached hydrogen (secondary N) is 1. The highest BCUT2D eigenvalue weighted by atomic mass is 35.5. The summed E-state index contributed by atoms with van der Waals surface area (Å²) in [6.45, 7) is 0. The van der Waals surface area contributed by atoms with Crippen molar-refractivity contribution in [2.75, 3.05) is 11.1 Å². The quantitative estimate of drug-likeness (QED) is 0.570. The van der Waals surface area contributed by atoms with Crippen molar-refractivity contribution in [3.05, 3.63) is 65.6 Å². The SMILES string of the molecule is O=C(CCSCc1ccccc1)Nc1sc(-c2cccnc2)nc1Cl. The van der Waals surface area contributed by atoms with Crippen LogP contribution in [0.15, 0.2) is 54.9 Å². The first kappa shape index (κ1) is 17.9. The molecule has 1 N–H and O–H groups in total. The second-order valence-electron chi connectivity index (χ2n) is 5.22. The van der Waals surface area contributed by atoms with Gasteiger partial charge in [0.2, 0.25) is 5.91 Å². The number of carbonyl (C=O) groups is 1. The summed E-state index contributed by atoms with van der Waals surface area (Å²) in [7, 11) is 0. The van der Waals surface area contributed by atoms with Gasteiger partial charge in [0.15, 0.2) is 5.15 Å². The minimum atomic E-state index is -0.0520. The average Bonchev–Trinajstić information content (AvgIpc) is 3.01. The van der Waals surface area contributed by atoms with Crippen LogP contribution in [0.4, 0.5) is 5.00 Å². The zero-order valence-electron chi connectivity index (χ0n) is 13.3. The molecule has 3 rings (SSSR count). The van der Waals surface area contributed by atoms with Crippen LogP contribution in [0.25, 0.3) is 10.6 Å². The molecule has 25 heavy (non-hydrogen) atoms. The number of aromatic nitrogens is 2. The predicted molar refractivity (Wildman–Crippen MR) is 106 cm³/mol. The summed E-state index contributed by atoms with van der Waals surface area (Å²) in [5.41, 5.74) is 2.15. The highest BCUT2D eigenvalue weighted by Gasteiger charge is 2.13. The first-order chi connectivity index (χ1) is 12.2. The fourth-order valence-electron chi connectivity index (χ4n) is 2.11. The van der Waals surface area contributed by atoms with Gasteiger partial charge in [-0.25, -0.2) is 4.98 Å². The average molecular weight is 390 g/mol. The van der Waals surface area contributed by atoms with E-state index in [2.05, 4.69) is 27.4 Å². The Kier molecular flexibility index (Phi) is 6.44. The molecule has 0 aliphatic heterocycles. The topological polar surface area (TPSA) is 54.9 Å². The van der Waals surface area contributed by atoms with Crippen molar-refractivity contribution < 1.29 is 4.79 Å². The molecule has 0 aliphatic rings. The first-order valence-electron chi connectivity index (χ1n) is 7.70. The second-order valence-corrected chi connectivity index (χ2v) is 7.68. The molecular formula is C18H16ClN3OS2. The number of anilines is 1. The third-order valence-corrected chi connectivity index (χ3v) is 5.77. The van der Waals surface area contributed by atoms with Gasteiger partial charge < -0.3 is 5.32 Å². The molecule has 4 nitrogen and oxygen atoms in total. The van der Waals surface area contributed by atoms with Gasteiger partial charge >= 0.3 is 0 Å². The fraction of sp³-hybridized carbons (Fsp3) is 0.167. The van der Waals surface area contributed by atoms with Gasteiger partial charge in [-0.05, 0) is 17.7 Å². The van der Waals surface area contributed by atoms with Crippen LogP contribution in [0, 0.1) is 0 Å². The molecule has 2 aromatic heterocycles. The van der Waals surface area contributed by atoms with Crippen LogP contribution in [0.2, 0.25) is 5.15 Å². The Bertz CT molecular complexity index is 825. The molecule has 0 saturated heterocycles. The highest BCUT2D eigenvalue weighted by molar-refractivity contribution is 7.98. The molecular weight excluding hydrogens is 374 g/mol. The van der Waals surface area contributed by atoms with Gasteiger partial charge in [0.05, 0.1) is 0 Å². The van der Waals surface area contributed by atoms with E-state index in [1.165, 1.54) is 16.9 Å². The number of halogens is 1. The third-order valence-electron chi connectivity index (χ3n) is 3.33. The molecule has 7 heteroatoms. The molecule has 0 atom stereocenters. The summed E-state index contributed by atoms with van der Waals surface area (Å²) in [4.78, 5) is 20.5. The Morgan fingerprint density at radius 1 is 1.20 bits per heavy atom. The fourth-order valence-corrected chi connectivity index (χ4v) is 4.17. The molecule has 0 unspecified atom stereocenters. The number of pyridine rings is 1. The van der Waals surface area contributed by atoms with Gasteiger partial charge in [-0.2, -0.15) is 11.8 Å². The molecule has 2 heterocycles. The van der Waals surface area contributed by atoms with Crippen molar-refractivity contribution in [2.24, 2.45) is 0 Å². The van der Waals surface area contributed by atoms with Gasteiger partial charge in [0.25, 0.3) is 0 Å². The Morgan fingerprint density at radius 2 is 2.04 bits per heavy atom. The Balaban J connectivity index is 1.49. The highest BCUT2D eigenvalue weighted by Crippen LogP contribution is 2.34. The zero-order valence-corrected chi connectivity index (χ0v) is 15.7. The predicted octanol–water partition coefficient (Wildman–Crippen LogP) is 5.12. The Morgan fingerprint density at radius 3 is 2.80 bits per heavy atom. The van der Waals surface area contributed by atoms with E-state index in [-0.39, 0.29) is 5.91 Å². The van der Waals surface area contributed by atoms with Crippen LogP contribution in [0.1, 0.15) is 12.0 Å². The maximum Gasteiger partial charge on any atom is 0.225 e. The van der Waals surface area contributed by atoms with E-state index in [1.807, 2.05) is 30.3 Å². The third kappa shape index (κ3) is 5.29. The maximum absolute atomic E-state index is 12.1. The van der Waals surface area contributed by atoms with E-state index in [9.17, 15) is 4.79 Å². The van der Waals surface area contributed by atoms with Crippen LogP contribution in [-0.2, 0) is 10.5 Å². The number of rotatable bonds is 7. The van der Waals surface area contributed by atoms with Crippen molar-refractivity contribution in [1.82, 2.24) is 9.97 Å². The lowest BCUT2D eigenvalue weighted by molar-refractivity contribution is -0.115. The van der Waals surface area contributed by atoms with Gasteiger partial charge in [0, 0.05) is 35.9 Å². The van der Waals surface area contributed by atoms with E-state index >= 15 is 0 Å². The van der Waals surface area contributed by atoms with E-state index in [0.717, 1.165) is 22.1 Å². The molecule has 3 aromatic rings. The lowest BCUT2D eigenvalue weighted by Crippen LogP contribution is -2.11. The molecule has 0 radical (unpaired) electrons. The van der Waals surface area contributed by atoms with E-state index in [1.54, 1.807) is 24.2 Å². The molecule has 0 spiro atoms. The minimum Gasteiger partial charge on any atom is -0.315 e. The molecule has 0 aliphatic carbocycles. The Hall–Kier alpha value is -1.89. The van der Waals surface area contributed by atoms with Crippen LogP contribution in [0.3, 0.4) is 0 Å². The van der Waals surface area contributed by atoms with Crippen LogP contribution >= 0.6 is 34.7 Å². The molecule has 0 saturated carbocycles. The summed E-state index contributed by atoms with van der Waals surface area (Å²) in [5.74, 6) is 1.61. The smallest absolute Gasteiger partial charge is 0.225 e. The van der Waals surface area contributed by atoms with E-state index < -0.39 is 0 Å². The maximum atomic E-state index is 12.1. The largest absolute Gasteiger partial charge is 0.315 e. The summed E-state index contributed by atoms with van der Waals surface area (Å²) in [6.07, 6.45) is 3.86. The van der Waals surface area contributed by atoms with Crippen molar-refractivity contribution in [3.8, 4) is 10.6 Å². The monoisotopic (exact) mass is 389 g/mol. The first-order valence-corrected chi connectivity index (χ1v) is 10.1. The van der Waals surface area contributed by atoms with Gasteiger partial charge in [0.1, 0.15) is 10.0 Å². The number of carbonyl (C=O) groups excluding carboxylic acids is 1. The summed E-state index contributed by atoms with van der Waals surface area (Å²) < 4.78 is 0. The summed E-state index contributed by atoms with van der Waals surface area (Å²) in [5, 5.41) is 4.49. The molecule has 1 amide bonds. The lowest BCUT2D eigenvalue weighted by atomic mass is 10.2. The van der Waals surface area contributed by atoms with Crippen molar-refractivity contribution in [2.45, 2.75) is 12.2 Å². The standard InChI is InChI=1S/C18H16ClN3OS2/c19-16-18(25-17(22-16)14-7-4-9-20-11-14)21-15(23)8-10-24-12-13-5-2-1-3-6-13/h1-7,9,11H,8,10,12H2,(H,21,23). The van der Waals surface area contributed by atoms with Gasteiger partial charge in [-0.3, -0.25) is 9.78 Å². The lowest BCUT2D eigenvalue weighted by Gasteiger charge is -2.03. The molecule has 0 bridgehead atoms. The van der Waals surface area contributed by atoms with Gasteiger partial charge in [-0.15, -0.1) is 0 Å². The normalized spacial score (nSPS) is 10.6. The van der Waals surface area contributed by atoms with Crippen molar-refractivity contribution >= 4 is 45.6 Å². The summed E-state index contributed by atoms with van der Waals surface area (Å²) in [6, 6.07) is 14.0. The minimum absolute atomic E-state index is 0.0520. The number of amides is 1. The number of hydrogen-bond donors (Lipinski definition) is 1. The number of nitrogens with zero attached hydrogens (tertiary/aromatic N) is 2. The van der Waals surface area contributed by atoms with Crippen LogP contribution in [-0.4, -0.2) is 21.6 Å². The van der Waals surface area contributed by atoms with Crippen molar-refractivity contribution in [1.29, 1.82) is 0 Å². The van der Waals surface area contributed by atoms with Crippen molar-refractivity contribution in [3.63, 3.8) is 0 Å². The number of thioether (sulfide) groups is 1. The molecule has 0 fully saturated rings. The summed E-state index contributed by atoms with van der Waals surface area (Å²) >= 11 is 9.23. The number of thiazole rings is 1. The number of hydrogen-bond acceptors (Lipinski definition) is 5. The second kappa shape index (κ2) is 8.99. The zero-order chi connectivity index (χ0) is 17.5. The number of benzene rings is 1.